The SMILES string of the molecule is CC(C)C(=O)N(Cc1ccc(F)cc1)[C@H](C(=O)NCc1ccc2c(c1)OCO2)c1ccccc1. The van der Waals surface area contributed by atoms with Crippen molar-refractivity contribution in [3.63, 3.8) is 0 Å². The number of halogens is 1. The standard InChI is InChI=1S/C27H27FN2O4/c1-18(2)27(32)30(16-19-8-11-22(28)12-9-19)25(21-6-4-3-5-7-21)26(31)29-15-20-10-13-23-24(14-20)34-17-33-23/h3-14,18,25H,15-17H2,1-2H3,(H,29,31)/t25-/m0/s1. The number of benzene rings is 3. The summed E-state index contributed by atoms with van der Waals surface area (Å²) in [7, 11) is 0. The van der Waals surface area contributed by atoms with Crippen LogP contribution in [0.25, 0.3) is 0 Å². The minimum absolute atomic E-state index is 0.170. The maximum atomic E-state index is 13.5. The zero-order valence-electron chi connectivity index (χ0n) is 19.2. The molecule has 176 valence electrons. The van der Waals surface area contributed by atoms with Gasteiger partial charge in [0.2, 0.25) is 18.6 Å². The second-order valence-corrected chi connectivity index (χ2v) is 8.47. The maximum Gasteiger partial charge on any atom is 0.247 e. The van der Waals surface area contributed by atoms with E-state index in [1.54, 1.807) is 30.9 Å². The summed E-state index contributed by atoms with van der Waals surface area (Å²) in [4.78, 5) is 28.4. The van der Waals surface area contributed by atoms with Crippen molar-refractivity contribution in [1.82, 2.24) is 10.2 Å². The van der Waals surface area contributed by atoms with Gasteiger partial charge in [-0.25, -0.2) is 4.39 Å². The van der Waals surface area contributed by atoms with Crippen LogP contribution in [0.2, 0.25) is 0 Å². The van der Waals surface area contributed by atoms with E-state index >= 15 is 0 Å². The summed E-state index contributed by atoms with van der Waals surface area (Å²) in [5.74, 6) is 0.154. The van der Waals surface area contributed by atoms with E-state index in [0.29, 0.717) is 17.1 Å². The molecule has 1 aliphatic heterocycles. The van der Waals surface area contributed by atoms with Crippen LogP contribution < -0.4 is 14.8 Å². The Morgan fingerprint density at radius 2 is 1.62 bits per heavy atom. The van der Waals surface area contributed by atoms with Crippen LogP contribution in [0.5, 0.6) is 11.5 Å². The summed E-state index contributed by atoms with van der Waals surface area (Å²) >= 11 is 0. The highest BCUT2D eigenvalue weighted by Crippen LogP contribution is 2.32. The van der Waals surface area contributed by atoms with Crippen LogP contribution >= 0.6 is 0 Å². The Morgan fingerprint density at radius 1 is 0.941 bits per heavy atom. The van der Waals surface area contributed by atoms with Crippen LogP contribution in [0.3, 0.4) is 0 Å². The first kappa shape index (κ1) is 23.3. The molecule has 0 saturated carbocycles. The number of nitrogens with one attached hydrogen (secondary N) is 1. The minimum atomic E-state index is -0.852. The average molecular weight is 463 g/mol. The molecule has 3 aromatic rings. The summed E-state index contributed by atoms with van der Waals surface area (Å²) < 4.78 is 24.2. The molecule has 3 aromatic carbocycles. The zero-order chi connectivity index (χ0) is 24.1. The van der Waals surface area contributed by atoms with Gasteiger partial charge < -0.3 is 19.7 Å². The van der Waals surface area contributed by atoms with Crippen LogP contribution in [0.1, 0.15) is 36.6 Å². The monoisotopic (exact) mass is 462 g/mol. The van der Waals surface area contributed by atoms with Gasteiger partial charge >= 0.3 is 0 Å². The van der Waals surface area contributed by atoms with Gasteiger partial charge in [-0.3, -0.25) is 9.59 Å². The molecule has 0 aliphatic carbocycles. The van der Waals surface area contributed by atoms with Crippen molar-refractivity contribution in [2.45, 2.75) is 33.0 Å². The lowest BCUT2D eigenvalue weighted by atomic mass is 10.0. The first-order valence-corrected chi connectivity index (χ1v) is 11.2. The fourth-order valence-electron chi connectivity index (χ4n) is 3.86. The Balaban J connectivity index is 1.61. The van der Waals surface area contributed by atoms with Crippen LogP contribution in [-0.2, 0) is 22.7 Å². The molecular weight excluding hydrogens is 435 g/mol. The van der Waals surface area contributed by atoms with Gasteiger partial charge in [0.15, 0.2) is 11.5 Å². The second kappa shape index (κ2) is 10.4. The van der Waals surface area contributed by atoms with Crippen molar-refractivity contribution >= 4 is 11.8 Å². The smallest absolute Gasteiger partial charge is 0.247 e. The van der Waals surface area contributed by atoms with Gasteiger partial charge in [-0.2, -0.15) is 0 Å². The van der Waals surface area contributed by atoms with Crippen LogP contribution in [-0.4, -0.2) is 23.5 Å². The van der Waals surface area contributed by atoms with Crippen molar-refractivity contribution in [3.8, 4) is 11.5 Å². The fraction of sp³-hybridized carbons (Fsp3) is 0.259. The number of amides is 2. The summed E-state index contributed by atoms with van der Waals surface area (Å²) in [5, 5.41) is 2.97. The molecule has 0 radical (unpaired) electrons. The molecule has 1 heterocycles. The number of fused-ring (bicyclic) bond motifs is 1. The average Bonchev–Trinajstić information content (AvgIpc) is 3.32. The molecule has 1 atom stereocenters. The van der Waals surface area contributed by atoms with Crippen molar-refractivity contribution in [2.75, 3.05) is 6.79 Å². The third-order valence-electron chi connectivity index (χ3n) is 5.62. The van der Waals surface area contributed by atoms with Crippen LogP contribution in [0.4, 0.5) is 4.39 Å². The number of hydrogen-bond acceptors (Lipinski definition) is 4. The van der Waals surface area contributed by atoms with Gasteiger partial charge in [0.05, 0.1) is 0 Å². The molecule has 4 rings (SSSR count). The Morgan fingerprint density at radius 3 is 2.32 bits per heavy atom. The van der Waals surface area contributed by atoms with Gasteiger partial charge in [0.25, 0.3) is 0 Å². The van der Waals surface area contributed by atoms with E-state index in [4.69, 9.17) is 9.47 Å². The highest BCUT2D eigenvalue weighted by Gasteiger charge is 2.32. The highest BCUT2D eigenvalue weighted by atomic mass is 19.1. The summed E-state index contributed by atoms with van der Waals surface area (Å²) in [6, 6.07) is 19.8. The molecule has 0 fully saturated rings. The van der Waals surface area contributed by atoms with Crippen molar-refractivity contribution in [3.05, 3.63) is 95.3 Å². The molecule has 0 spiro atoms. The molecule has 0 aromatic heterocycles. The van der Waals surface area contributed by atoms with Gasteiger partial charge in [-0.05, 0) is 41.0 Å². The van der Waals surface area contributed by atoms with Crippen molar-refractivity contribution in [1.29, 1.82) is 0 Å². The Hall–Kier alpha value is -3.87. The number of ether oxygens (including phenoxy) is 2. The van der Waals surface area contributed by atoms with E-state index in [-0.39, 0.29) is 43.4 Å². The van der Waals surface area contributed by atoms with E-state index in [1.165, 1.54) is 12.1 Å². The third kappa shape index (κ3) is 5.36. The number of hydrogen-bond donors (Lipinski definition) is 1. The predicted molar refractivity (Wildman–Crippen MR) is 125 cm³/mol. The van der Waals surface area contributed by atoms with Crippen LogP contribution in [0, 0.1) is 11.7 Å². The molecule has 7 heteroatoms. The predicted octanol–water partition coefficient (Wildman–Crippen LogP) is 4.60. The van der Waals surface area contributed by atoms with Crippen molar-refractivity contribution < 1.29 is 23.5 Å². The lowest BCUT2D eigenvalue weighted by Gasteiger charge is -2.33. The lowest BCUT2D eigenvalue weighted by Crippen LogP contribution is -2.44. The normalized spacial score (nSPS) is 12.9. The minimum Gasteiger partial charge on any atom is -0.454 e. The molecule has 1 aliphatic rings. The van der Waals surface area contributed by atoms with Gasteiger partial charge in [-0.1, -0.05) is 62.4 Å². The van der Waals surface area contributed by atoms with Crippen molar-refractivity contribution in [2.24, 2.45) is 5.92 Å². The first-order chi connectivity index (χ1) is 16.4. The molecular formula is C27H27FN2O4. The third-order valence-corrected chi connectivity index (χ3v) is 5.62. The lowest BCUT2D eigenvalue weighted by molar-refractivity contribution is -0.144. The van der Waals surface area contributed by atoms with Gasteiger partial charge in [0.1, 0.15) is 11.9 Å². The Labute approximate surface area is 198 Å². The fourth-order valence-corrected chi connectivity index (χ4v) is 3.86. The number of carbonyl (C=O) groups is 2. The Kier molecular flexibility index (Phi) is 7.11. The Bertz CT molecular complexity index is 1150. The summed E-state index contributed by atoms with van der Waals surface area (Å²) in [6.07, 6.45) is 0. The van der Waals surface area contributed by atoms with Gasteiger partial charge in [-0.15, -0.1) is 0 Å². The van der Waals surface area contributed by atoms with Crippen LogP contribution in [0.15, 0.2) is 72.8 Å². The number of carbonyl (C=O) groups excluding carboxylic acids is 2. The molecule has 0 unspecified atom stereocenters. The number of nitrogens with zero attached hydrogens (tertiary/aromatic N) is 1. The molecule has 34 heavy (non-hydrogen) atoms. The van der Waals surface area contributed by atoms with E-state index in [1.807, 2.05) is 48.5 Å². The van der Waals surface area contributed by atoms with Gasteiger partial charge in [0, 0.05) is 19.0 Å². The molecule has 2 amide bonds. The summed E-state index contributed by atoms with van der Waals surface area (Å²) in [6.45, 7) is 4.21. The summed E-state index contributed by atoms with van der Waals surface area (Å²) in [5.41, 5.74) is 2.28. The van der Waals surface area contributed by atoms with E-state index in [0.717, 1.165) is 11.1 Å². The van der Waals surface area contributed by atoms with E-state index in [9.17, 15) is 14.0 Å². The number of rotatable bonds is 8. The topological polar surface area (TPSA) is 67.9 Å². The second-order valence-electron chi connectivity index (χ2n) is 8.47. The quantitative estimate of drug-likeness (QED) is 0.532. The van der Waals surface area contributed by atoms with E-state index in [2.05, 4.69) is 5.32 Å². The molecule has 1 N–H and O–H groups in total. The first-order valence-electron chi connectivity index (χ1n) is 11.2. The molecule has 0 saturated heterocycles. The maximum absolute atomic E-state index is 13.5. The molecule has 6 nitrogen and oxygen atoms in total. The largest absolute Gasteiger partial charge is 0.454 e. The highest BCUT2D eigenvalue weighted by molar-refractivity contribution is 5.89. The molecule has 0 bridgehead atoms. The van der Waals surface area contributed by atoms with E-state index < -0.39 is 6.04 Å². The zero-order valence-corrected chi connectivity index (χ0v) is 19.2.